The van der Waals surface area contributed by atoms with Gasteiger partial charge in [0.15, 0.2) is 0 Å². The van der Waals surface area contributed by atoms with E-state index in [1.807, 2.05) is 11.6 Å². The fourth-order valence-corrected chi connectivity index (χ4v) is 2.60. The van der Waals surface area contributed by atoms with E-state index < -0.39 is 5.97 Å². The number of carboxylic acid groups (broad SMARTS) is 1. The minimum absolute atomic E-state index is 0.00583. The van der Waals surface area contributed by atoms with Crippen molar-refractivity contribution in [2.45, 2.75) is 12.1 Å². The first-order valence-electron chi connectivity index (χ1n) is 5.78. The van der Waals surface area contributed by atoms with Gasteiger partial charge in [-0.2, -0.15) is 0 Å². The van der Waals surface area contributed by atoms with Gasteiger partial charge in [0, 0.05) is 26.2 Å². The second-order valence-electron chi connectivity index (χ2n) is 4.28. The van der Waals surface area contributed by atoms with Gasteiger partial charge in [0.1, 0.15) is 5.82 Å². The summed E-state index contributed by atoms with van der Waals surface area (Å²) in [5.41, 5.74) is 0. The lowest BCUT2D eigenvalue weighted by molar-refractivity contribution is -0.133. The predicted octanol–water partition coefficient (Wildman–Crippen LogP) is -0.353. The highest BCUT2D eigenvalue weighted by Gasteiger charge is 2.20. The van der Waals surface area contributed by atoms with Crippen LogP contribution < -0.4 is 5.01 Å². The molecule has 18 heavy (non-hydrogen) atoms. The number of hydrogen-bond donors (Lipinski definition) is 1. The fourth-order valence-electron chi connectivity index (χ4n) is 1.88. The highest BCUT2D eigenvalue weighted by molar-refractivity contribution is 7.99. The molecule has 100 valence electrons. The van der Waals surface area contributed by atoms with Gasteiger partial charge in [-0.15, -0.1) is 10.2 Å². The molecule has 0 spiro atoms. The molecule has 0 radical (unpaired) electrons. The first kappa shape index (κ1) is 13.2. The molecule has 0 atom stereocenters. The minimum Gasteiger partial charge on any atom is -0.481 e. The second kappa shape index (κ2) is 5.57. The number of nitrogens with zero attached hydrogens (tertiary/aromatic N) is 5. The molecule has 0 saturated carbocycles. The number of carbonyl (C=O) groups is 1. The number of likely N-dealkylation sites (N-methyl/N-ethyl adjacent to an activating group) is 1. The number of aromatic nitrogens is 3. The molecule has 1 aromatic heterocycles. The summed E-state index contributed by atoms with van der Waals surface area (Å²) in [5.74, 6) is -0.0377. The van der Waals surface area contributed by atoms with Crippen LogP contribution in [0.5, 0.6) is 0 Å². The van der Waals surface area contributed by atoms with Crippen molar-refractivity contribution in [1.29, 1.82) is 0 Å². The van der Waals surface area contributed by atoms with Gasteiger partial charge in [0.2, 0.25) is 5.16 Å². The molecule has 2 heterocycles. The molecular weight excluding hydrogens is 254 g/mol. The summed E-state index contributed by atoms with van der Waals surface area (Å²) >= 11 is 1.20. The predicted molar refractivity (Wildman–Crippen MR) is 68.6 cm³/mol. The van der Waals surface area contributed by atoms with Crippen LogP contribution in [-0.2, 0) is 4.79 Å². The van der Waals surface area contributed by atoms with E-state index >= 15 is 0 Å². The molecule has 7 nitrogen and oxygen atoms in total. The van der Waals surface area contributed by atoms with Crippen LogP contribution in [0.2, 0.25) is 0 Å². The number of aryl methyl sites for hydroxylation is 1. The highest BCUT2D eigenvalue weighted by atomic mass is 32.2. The van der Waals surface area contributed by atoms with Gasteiger partial charge >= 0.3 is 5.97 Å². The Morgan fingerprint density at radius 3 is 2.61 bits per heavy atom. The molecule has 0 amide bonds. The normalized spacial score (nSPS) is 17.1. The molecule has 1 aliphatic rings. The number of hydrogen-bond acceptors (Lipinski definition) is 6. The molecule has 0 aromatic carbocycles. The van der Waals surface area contributed by atoms with Gasteiger partial charge in [0.05, 0.1) is 5.75 Å². The molecule has 1 fully saturated rings. The van der Waals surface area contributed by atoms with Crippen LogP contribution in [-0.4, -0.2) is 69.8 Å². The summed E-state index contributed by atoms with van der Waals surface area (Å²) in [5, 5.41) is 19.6. The minimum atomic E-state index is -0.842. The van der Waals surface area contributed by atoms with E-state index in [9.17, 15) is 4.79 Å². The summed E-state index contributed by atoms with van der Waals surface area (Å²) < 4.78 is 1.93. The molecule has 1 aliphatic heterocycles. The average Bonchev–Trinajstić information content (AvgIpc) is 2.69. The summed E-state index contributed by atoms with van der Waals surface area (Å²) in [6, 6.07) is 0. The highest BCUT2D eigenvalue weighted by Crippen LogP contribution is 2.17. The zero-order chi connectivity index (χ0) is 13.1. The summed E-state index contributed by atoms with van der Waals surface area (Å²) in [6.07, 6.45) is 0. The Kier molecular flexibility index (Phi) is 4.07. The lowest BCUT2D eigenvalue weighted by atomic mass is 10.4. The monoisotopic (exact) mass is 271 g/mol. The van der Waals surface area contributed by atoms with Crippen LogP contribution in [0.15, 0.2) is 5.16 Å². The molecule has 0 unspecified atom stereocenters. The third-order valence-electron chi connectivity index (χ3n) is 2.86. The maximum absolute atomic E-state index is 10.6. The van der Waals surface area contributed by atoms with Gasteiger partial charge in [-0.05, 0) is 14.0 Å². The summed E-state index contributed by atoms with van der Waals surface area (Å²) in [6.45, 7) is 5.66. The Morgan fingerprint density at radius 2 is 2.00 bits per heavy atom. The van der Waals surface area contributed by atoms with Gasteiger partial charge in [-0.3, -0.25) is 4.79 Å². The maximum atomic E-state index is 10.6. The number of thioether (sulfide) groups is 1. The Morgan fingerprint density at radius 1 is 1.33 bits per heavy atom. The van der Waals surface area contributed by atoms with Crippen molar-refractivity contribution in [3.8, 4) is 0 Å². The van der Waals surface area contributed by atoms with E-state index in [1.165, 1.54) is 11.8 Å². The molecule has 2 rings (SSSR count). The van der Waals surface area contributed by atoms with E-state index in [2.05, 4.69) is 27.2 Å². The average molecular weight is 271 g/mol. The third kappa shape index (κ3) is 2.94. The standard InChI is InChI=1S/C10H17N5O2S/c1-8-11-12-10(18-7-9(16)17)15(8)14-5-3-13(2)4-6-14/h3-7H2,1-2H3,(H,16,17). The molecule has 1 aromatic rings. The van der Waals surface area contributed by atoms with Crippen molar-refractivity contribution in [3.63, 3.8) is 0 Å². The molecule has 1 N–H and O–H groups in total. The molecule has 0 bridgehead atoms. The Labute approximate surface area is 110 Å². The molecule has 8 heteroatoms. The molecule has 1 saturated heterocycles. The van der Waals surface area contributed by atoms with Crippen LogP contribution in [0.4, 0.5) is 0 Å². The Hall–Kier alpha value is -1.28. The van der Waals surface area contributed by atoms with E-state index in [-0.39, 0.29) is 5.75 Å². The zero-order valence-electron chi connectivity index (χ0n) is 10.5. The van der Waals surface area contributed by atoms with Gasteiger partial charge in [0.25, 0.3) is 0 Å². The molecule has 0 aliphatic carbocycles. The van der Waals surface area contributed by atoms with E-state index in [1.54, 1.807) is 0 Å². The van der Waals surface area contributed by atoms with Crippen LogP contribution >= 0.6 is 11.8 Å². The smallest absolute Gasteiger partial charge is 0.313 e. The van der Waals surface area contributed by atoms with Crippen molar-refractivity contribution in [2.24, 2.45) is 0 Å². The van der Waals surface area contributed by atoms with Crippen LogP contribution in [0.1, 0.15) is 5.82 Å². The first-order chi connectivity index (χ1) is 8.58. The number of carboxylic acids is 1. The number of aliphatic carboxylic acids is 1. The van der Waals surface area contributed by atoms with Crippen LogP contribution in [0, 0.1) is 6.92 Å². The Bertz CT molecular complexity index is 428. The zero-order valence-corrected chi connectivity index (χ0v) is 11.4. The largest absolute Gasteiger partial charge is 0.481 e. The first-order valence-corrected chi connectivity index (χ1v) is 6.77. The SMILES string of the molecule is Cc1nnc(SCC(=O)O)n1N1CCN(C)CC1. The van der Waals surface area contributed by atoms with Crippen molar-refractivity contribution < 1.29 is 9.90 Å². The topological polar surface area (TPSA) is 74.5 Å². The van der Waals surface area contributed by atoms with E-state index in [0.29, 0.717) is 5.16 Å². The van der Waals surface area contributed by atoms with Crippen LogP contribution in [0.25, 0.3) is 0 Å². The lowest BCUT2D eigenvalue weighted by Gasteiger charge is -2.35. The summed E-state index contributed by atoms with van der Waals surface area (Å²) in [4.78, 5) is 12.9. The quantitative estimate of drug-likeness (QED) is 0.750. The maximum Gasteiger partial charge on any atom is 0.313 e. The fraction of sp³-hybridized carbons (Fsp3) is 0.700. The van der Waals surface area contributed by atoms with Crippen molar-refractivity contribution in [1.82, 2.24) is 19.8 Å². The van der Waals surface area contributed by atoms with Crippen molar-refractivity contribution in [3.05, 3.63) is 5.82 Å². The van der Waals surface area contributed by atoms with Crippen LogP contribution in [0.3, 0.4) is 0 Å². The summed E-state index contributed by atoms with van der Waals surface area (Å²) in [7, 11) is 2.09. The second-order valence-corrected chi connectivity index (χ2v) is 5.22. The van der Waals surface area contributed by atoms with Crippen molar-refractivity contribution in [2.75, 3.05) is 44.0 Å². The van der Waals surface area contributed by atoms with Gasteiger partial charge < -0.3 is 15.0 Å². The third-order valence-corrected chi connectivity index (χ3v) is 3.76. The molecular formula is C10H17N5O2S. The van der Waals surface area contributed by atoms with E-state index in [4.69, 9.17) is 5.11 Å². The Balaban J connectivity index is 2.10. The number of piperazine rings is 1. The van der Waals surface area contributed by atoms with Crippen molar-refractivity contribution >= 4 is 17.7 Å². The van der Waals surface area contributed by atoms with Gasteiger partial charge in [-0.25, -0.2) is 4.68 Å². The number of rotatable bonds is 4. The van der Waals surface area contributed by atoms with Gasteiger partial charge in [-0.1, -0.05) is 11.8 Å². The van der Waals surface area contributed by atoms with E-state index in [0.717, 1.165) is 32.0 Å². The lowest BCUT2D eigenvalue weighted by Crippen LogP contribution is -2.50.